The first-order chi connectivity index (χ1) is 17.0. The molecule has 190 valence electrons. The fourth-order valence-electron chi connectivity index (χ4n) is 3.89. The van der Waals surface area contributed by atoms with Gasteiger partial charge in [-0.3, -0.25) is 0 Å². The number of allylic oxidation sites excluding steroid dienone is 2. The molecular formula is C25H17BF10. The normalized spacial score (nSPS) is 11.8. The smallest absolute Gasteiger partial charge is 0.204 e. The molecule has 0 saturated carbocycles. The van der Waals surface area contributed by atoms with Crippen LogP contribution in [0.25, 0.3) is 0 Å². The SMILES string of the molecule is CCC/C=C(\CCc1ccccc1)B(c1c(F)c(F)c(F)c(F)c1F)c1c(F)c(F)c(F)c(F)c1F. The molecule has 0 aliphatic carbocycles. The lowest BCUT2D eigenvalue weighted by Gasteiger charge is -2.22. The molecule has 0 bridgehead atoms. The molecule has 0 fully saturated rings. The molecule has 0 N–H and O–H groups in total. The van der Waals surface area contributed by atoms with Gasteiger partial charge in [-0.25, -0.2) is 43.9 Å². The van der Waals surface area contributed by atoms with Crippen LogP contribution in [0.5, 0.6) is 0 Å². The van der Waals surface area contributed by atoms with E-state index in [0.717, 1.165) is 0 Å². The second kappa shape index (κ2) is 11.2. The van der Waals surface area contributed by atoms with E-state index in [-0.39, 0.29) is 24.7 Å². The Labute approximate surface area is 200 Å². The first-order valence-electron chi connectivity index (χ1n) is 10.8. The van der Waals surface area contributed by atoms with E-state index in [1.54, 1.807) is 37.3 Å². The van der Waals surface area contributed by atoms with Crippen LogP contribution in [-0.4, -0.2) is 6.71 Å². The maximum Gasteiger partial charge on any atom is 0.252 e. The van der Waals surface area contributed by atoms with Crippen LogP contribution in [0.4, 0.5) is 43.9 Å². The van der Waals surface area contributed by atoms with Crippen LogP contribution in [0.1, 0.15) is 31.7 Å². The predicted octanol–water partition coefficient (Wildman–Crippen LogP) is 6.59. The van der Waals surface area contributed by atoms with Gasteiger partial charge in [-0.2, -0.15) is 0 Å². The van der Waals surface area contributed by atoms with Gasteiger partial charge in [0.15, 0.2) is 58.2 Å². The molecule has 11 heteroatoms. The molecule has 0 radical (unpaired) electrons. The van der Waals surface area contributed by atoms with E-state index in [2.05, 4.69) is 0 Å². The molecule has 36 heavy (non-hydrogen) atoms. The molecule has 0 saturated heterocycles. The Morgan fingerprint density at radius 3 is 1.39 bits per heavy atom. The summed E-state index contributed by atoms with van der Waals surface area (Å²) < 4.78 is 143. The lowest BCUT2D eigenvalue weighted by molar-refractivity contribution is 0.382. The molecule has 0 unspecified atom stereocenters. The van der Waals surface area contributed by atoms with Gasteiger partial charge in [0.1, 0.15) is 0 Å². The van der Waals surface area contributed by atoms with Gasteiger partial charge in [-0.15, -0.1) is 0 Å². The zero-order valence-corrected chi connectivity index (χ0v) is 18.6. The number of unbranched alkanes of at least 4 members (excludes halogenated alkanes) is 1. The van der Waals surface area contributed by atoms with E-state index in [4.69, 9.17) is 0 Å². The molecule has 0 heterocycles. The maximum atomic E-state index is 14.9. The van der Waals surface area contributed by atoms with E-state index in [1.807, 2.05) is 0 Å². The number of benzene rings is 3. The van der Waals surface area contributed by atoms with Crippen molar-refractivity contribution in [1.29, 1.82) is 0 Å². The summed E-state index contributed by atoms with van der Waals surface area (Å²) in [5, 5.41) is 0. The summed E-state index contributed by atoms with van der Waals surface area (Å²) in [6.07, 6.45) is 1.55. The van der Waals surface area contributed by atoms with Gasteiger partial charge < -0.3 is 0 Å². The summed E-state index contributed by atoms with van der Waals surface area (Å²) in [5.74, 6) is -24.5. The highest BCUT2D eigenvalue weighted by molar-refractivity contribution is 6.91. The van der Waals surface area contributed by atoms with Crippen molar-refractivity contribution < 1.29 is 43.9 Å². The molecule has 0 amide bonds. The summed E-state index contributed by atoms with van der Waals surface area (Å²) in [7, 11) is 0. The Bertz CT molecular complexity index is 1180. The van der Waals surface area contributed by atoms with E-state index < -0.39 is 75.8 Å². The standard InChI is InChI=1S/C25H17BF10/c1-2-3-9-13(11-10-12-7-5-4-6-8-12)26(14-16(27)20(31)24(35)21(32)17(14)28)15-18(29)22(33)25(36)23(34)19(15)30/h4-9H,2-3,10-11H2,1H3/b13-9+. The summed E-state index contributed by atoms with van der Waals surface area (Å²) in [5.41, 5.74) is -3.09. The zero-order chi connectivity index (χ0) is 26.7. The second-order valence-corrected chi connectivity index (χ2v) is 7.95. The Morgan fingerprint density at radius 1 is 0.611 bits per heavy atom. The summed E-state index contributed by atoms with van der Waals surface area (Å²) in [4.78, 5) is 0. The molecule has 3 rings (SSSR count). The first-order valence-corrected chi connectivity index (χ1v) is 10.8. The Balaban J connectivity index is 2.38. The molecule has 0 spiro atoms. The predicted molar refractivity (Wildman–Crippen MR) is 115 cm³/mol. The summed E-state index contributed by atoms with van der Waals surface area (Å²) in [6.45, 7) is -0.841. The van der Waals surface area contributed by atoms with Crippen molar-refractivity contribution in [3.63, 3.8) is 0 Å². The number of hydrogen-bond donors (Lipinski definition) is 0. The third kappa shape index (κ3) is 5.01. The van der Waals surface area contributed by atoms with E-state index in [1.165, 1.54) is 6.08 Å². The van der Waals surface area contributed by atoms with E-state index >= 15 is 0 Å². The highest BCUT2D eigenvalue weighted by Gasteiger charge is 2.41. The van der Waals surface area contributed by atoms with Gasteiger partial charge >= 0.3 is 0 Å². The number of aryl methyl sites for hydroxylation is 1. The van der Waals surface area contributed by atoms with Crippen molar-refractivity contribution in [2.75, 3.05) is 0 Å². The molecular weight excluding hydrogens is 501 g/mol. The number of halogens is 10. The lowest BCUT2D eigenvalue weighted by Crippen LogP contribution is -2.52. The van der Waals surface area contributed by atoms with Crippen LogP contribution in [-0.2, 0) is 6.42 Å². The van der Waals surface area contributed by atoms with Crippen molar-refractivity contribution in [3.05, 3.63) is 106 Å². The molecule has 0 nitrogen and oxygen atoms in total. The van der Waals surface area contributed by atoms with Gasteiger partial charge in [-0.1, -0.05) is 55.2 Å². The van der Waals surface area contributed by atoms with Crippen molar-refractivity contribution in [2.24, 2.45) is 0 Å². The zero-order valence-electron chi connectivity index (χ0n) is 18.6. The Morgan fingerprint density at radius 2 is 1.00 bits per heavy atom. The largest absolute Gasteiger partial charge is 0.252 e. The quantitative estimate of drug-likeness (QED) is 0.137. The van der Waals surface area contributed by atoms with Crippen molar-refractivity contribution in [2.45, 2.75) is 32.6 Å². The highest BCUT2D eigenvalue weighted by Crippen LogP contribution is 2.25. The highest BCUT2D eigenvalue weighted by atomic mass is 19.2. The monoisotopic (exact) mass is 518 g/mol. The minimum Gasteiger partial charge on any atom is -0.204 e. The van der Waals surface area contributed by atoms with Gasteiger partial charge in [0, 0.05) is 10.9 Å². The average Bonchev–Trinajstić information content (AvgIpc) is 2.88. The van der Waals surface area contributed by atoms with Gasteiger partial charge in [-0.05, 0) is 24.8 Å². The Kier molecular flexibility index (Phi) is 8.53. The minimum atomic E-state index is -2.53. The molecule has 0 aliphatic rings. The van der Waals surface area contributed by atoms with E-state index in [9.17, 15) is 43.9 Å². The third-order valence-electron chi connectivity index (χ3n) is 5.68. The van der Waals surface area contributed by atoms with Gasteiger partial charge in [0.05, 0.1) is 0 Å². The maximum absolute atomic E-state index is 14.9. The Hall–Kier alpha value is -3.24. The van der Waals surface area contributed by atoms with Crippen LogP contribution in [0, 0.1) is 58.2 Å². The lowest BCUT2D eigenvalue weighted by atomic mass is 9.34. The van der Waals surface area contributed by atoms with Crippen molar-refractivity contribution in [3.8, 4) is 0 Å². The third-order valence-corrected chi connectivity index (χ3v) is 5.68. The molecule has 0 aliphatic heterocycles. The summed E-state index contributed by atoms with van der Waals surface area (Å²) in [6, 6.07) is 8.27. The van der Waals surface area contributed by atoms with Gasteiger partial charge in [0.25, 0.3) is 6.71 Å². The van der Waals surface area contributed by atoms with Gasteiger partial charge in [0.2, 0.25) is 0 Å². The fraction of sp³-hybridized carbons (Fsp3) is 0.200. The summed E-state index contributed by atoms with van der Waals surface area (Å²) >= 11 is 0. The molecule has 3 aromatic carbocycles. The van der Waals surface area contributed by atoms with Crippen molar-refractivity contribution in [1.82, 2.24) is 0 Å². The van der Waals surface area contributed by atoms with Crippen LogP contribution in [0.3, 0.4) is 0 Å². The minimum absolute atomic E-state index is 0.0671. The van der Waals surface area contributed by atoms with Crippen LogP contribution >= 0.6 is 0 Å². The molecule has 0 aromatic heterocycles. The molecule has 0 atom stereocenters. The topological polar surface area (TPSA) is 0 Å². The molecule has 3 aromatic rings. The average molecular weight is 518 g/mol. The van der Waals surface area contributed by atoms with E-state index in [0.29, 0.717) is 12.0 Å². The fourth-order valence-corrected chi connectivity index (χ4v) is 3.89. The number of rotatable bonds is 8. The number of hydrogen-bond acceptors (Lipinski definition) is 0. The second-order valence-electron chi connectivity index (χ2n) is 7.95. The first kappa shape index (κ1) is 27.4. The van der Waals surface area contributed by atoms with Crippen LogP contribution < -0.4 is 10.9 Å². The van der Waals surface area contributed by atoms with Crippen LogP contribution in [0.2, 0.25) is 0 Å². The van der Waals surface area contributed by atoms with Crippen molar-refractivity contribution >= 4 is 17.6 Å². The van der Waals surface area contributed by atoms with Crippen LogP contribution in [0.15, 0.2) is 41.9 Å².